The summed E-state index contributed by atoms with van der Waals surface area (Å²) in [4.78, 5) is 25.8. The Bertz CT molecular complexity index is 383. The highest BCUT2D eigenvalue weighted by molar-refractivity contribution is 5.83. The number of nitrogens with one attached hydrogen (secondary N) is 1. The maximum Gasteiger partial charge on any atom is 0.311 e. The summed E-state index contributed by atoms with van der Waals surface area (Å²) < 4.78 is 0. The standard InChI is InChI=1S/C14H24N2O3/c1-9(2)14(13(18)19)4-5-16(8-14)12(17)11-7-15-6-10(11)3/h9-11,15H,4-8H2,1-3H3,(H,18,19)/t10-,11-,14?/m1/s1. The van der Waals surface area contributed by atoms with E-state index in [1.165, 1.54) is 0 Å². The number of aliphatic carboxylic acids is 1. The van der Waals surface area contributed by atoms with Gasteiger partial charge >= 0.3 is 5.97 Å². The molecule has 0 saturated carbocycles. The summed E-state index contributed by atoms with van der Waals surface area (Å²) in [6.45, 7) is 8.47. The van der Waals surface area contributed by atoms with E-state index in [0.29, 0.717) is 25.4 Å². The molecule has 2 fully saturated rings. The highest BCUT2D eigenvalue weighted by Crippen LogP contribution is 2.39. The molecule has 2 rings (SSSR count). The van der Waals surface area contributed by atoms with Gasteiger partial charge in [-0.2, -0.15) is 0 Å². The van der Waals surface area contributed by atoms with Crippen molar-refractivity contribution in [3.8, 4) is 0 Å². The van der Waals surface area contributed by atoms with Crippen LogP contribution in [0.1, 0.15) is 27.2 Å². The zero-order valence-corrected chi connectivity index (χ0v) is 12.0. The molecule has 108 valence electrons. The van der Waals surface area contributed by atoms with Crippen LogP contribution in [0.15, 0.2) is 0 Å². The van der Waals surface area contributed by atoms with E-state index in [-0.39, 0.29) is 17.7 Å². The number of carbonyl (C=O) groups is 2. The summed E-state index contributed by atoms with van der Waals surface area (Å²) in [5.41, 5.74) is -0.759. The minimum absolute atomic E-state index is 0.0109. The number of carboxylic acid groups (broad SMARTS) is 1. The fourth-order valence-corrected chi connectivity index (χ4v) is 3.29. The quantitative estimate of drug-likeness (QED) is 0.794. The van der Waals surface area contributed by atoms with Crippen molar-refractivity contribution >= 4 is 11.9 Å². The smallest absolute Gasteiger partial charge is 0.311 e. The fourth-order valence-electron chi connectivity index (χ4n) is 3.29. The van der Waals surface area contributed by atoms with Crippen molar-refractivity contribution < 1.29 is 14.7 Å². The molecule has 2 aliphatic heterocycles. The van der Waals surface area contributed by atoms with Crippen LogP contribution in [-0.4, -0.2) is 48.1 Å². The molecule has 3 atom stereocenters. The first-order valence-electron chi connectivity index (χ1n) is 7.11. The Morgan fingerprint density at radius 1 is 1.37 bits per heavy atom. The molecule has 0 aromatic rings. The van der Waals surface area contributed by atoms with Crippen molar-refractivity contribution in [3.05, 3.63) is 0 Å². The minimum atomic E-state index is -0.768. The SMILES string of the molecule is CC(C)C1(C(=O)O)CCN(C(=O)[C@@H]2CNC[C@H]2C)C1. The average Bonchev–Trinajstić information content (AvgIpc) is 2.94. The molecular formula is C14H24N2O3. The van der Waals surface area contributed by atoms with Gasteiger partial charge in [0.1, 0.15) is 0 Å². The molecule has 0 bridgehead atoms. The van der Waals surface area contributed by atoms with Gasteiger partial charge in [0.15, 0.2) is 0 Å². The number of amides is 1. The third kappa shape index (κ3) is 2.36. The van der Waals surface area contributed by atoms with E-state index in [1.807, 2.05) is 13.8 Å². The lowest BCUT2D eigenvalue weighted by atomic mass is 9.76. The molecule has 2 aliphatic rings. The first kappa shape index (κ1) is 14.3. The van der Waals surface area contributed by atoms with Gasteiger partial charge in [-0.05, 0) is 24.8 Å². The van der Waals surface area contributed by atoms with Gasteiger partial charge in [0, 0.05) is 19.6 Å². The zero-order valence-electron chi connectivity index (χ0n) is 12.0. The molecule has 2 N–H and O–H groups in total. The molecule has 0 aromatic heterocycles. The second-order valence-corrected chi connectivity index (χ2v) is 6.37. The number of carboxylic acids is 1. The summed E-state index contributed by atoms with van der Waals surface area (Å²) in [5.74, 6) is -0.248. The van der Waals surface area contributed by atoms with E-state index in [9.17, 15) is 14.7 Å². The summed E-state index contributed by atoms with van der Waals surface area (Å²) in [6, 6.07) is 0. The predicted octanol–water partition coefficient (Wildman–Crippen LogP) is 0.801. The Kier molecular flexibility index (Phi) is 3.85. The molecule has 1 amide bonds. The van der Waals surface area contributed by atoms with Crippen LogP contribution in [-0.2, 0) is 9.59 Å². The number of hydrogen-bond acceptors (Lipinski definition) is 3. The Labute approximate surface area is 114 Å². The molecule has 0 aromatic carbocycles. The van der Waals surface area contributed by atoms with E-state index in [4.69, 9.17) is 0 Å². The van der Waals surface area contributed by atoms with Crippen LogP contribution in [0.2, 0.25) is 0 Å². The van der Waals surface area contributed by atoms with Crippen molar-refractivity contribution in [2.75, 3.05) is 26.2 Å². The Balaban J connectivity index is 2.09. The van der Waals surface area contributed by atoms with Gasteiger partial charge in [0.05, 0.1) is 11.3 Å². The Morgan fingerprint density at radius 3 is 2.47 bits per heavy atom. The van der Waals surface area contributed by atoms with Crippen molar-refractivity contribution in [1.82, 2.24) is 10.2 Å². The predicted molar refractivity (Wildman–Crippen MR) is 71.6 cm³/mol. The monoisotopic (exact) mass is 268 g/mol. The molecule has 2 heterocycles. The average molecular weight is 268 g/mol. The highest BCUT2D eigenvalue weighted by atomic mass is 16.4. The van der Waals surface area contributed by atoms with E-state index in [0.717, 1.165) is 13.1 Å². The molecule has 2 saturated heterocycles. The van der Waals surface area contributed by atoms with Gasteiger partial charge in [-0.25, -0.2) is 0 Å². The fraction of sp³-hybridized carbons (Fsp3) is 0.857. The number of nitrogens with zero attached hydrogens (tertiary/aromatic N) is 1. The third-order valence-corrected chi connectivity index (χ3v) is 4.98. The van der Waals surface area contributed by atoms with Crippen LogP contribution in [0, 0.1) is 23.2 Å². The topological polar surface area (TPSA) is 69.6 Å². The molecule has 0 spiro atoms. The number of likely N-dealkylation sites (tertiary alicyclic amines) is 1. The lowest BCUT2D eigenvalue weighted by Crippen LogP contribution is -2.43. The lowest BCUT2D eigenvalue weighted by Gasteiger charge is -2.29. The summed E-state index contributed by atoms with van der Waals surface area (Å²) in [7, 11) is 0. The third-order valence-electron chi connectivity index (χ3n) is 4.98. The molecular weight excluding hydrogens is 244 g/mol. The molecule has 0 radical (unpaired) electrons. The molecule has 1 unspecified atom stereocenters. The van der Waals surface area contributed by atoms with Gasteiger partial charge in [-0.3, -0.25) is 9.59 Å². The van der Waals surface area contributed by atoms with Crippen LogP contribution >= 0.6 is 0 Å². The first-order chi connectivity index (χ1) is 8.88. The minimum Gasteiger partial charge on any atom is -0.481 e. The summed E-state index contributed by atoms with van der Waals surface area (Å²) >= 11 is 0. The zero-order chi connectivity index (χ0) is 14.2. The van der Waals surface area contributed by atoms with Gasteiger partial charge in [0.2, 0.25) is 5.91 Å². The van der Waals surface area contributed by atoms with Crippen molar-refractivity contribution in [1.29, 1.82) is 0 Å². The van der Waals surface area contributed by atoms with Gasteiger partial charge in [-0.15, -0.1) is 0 Å². The van der Waals surface area contributed by atoms with Crippen molar-refractivity contribution in [2.45, 2.75) is 27.2 Å². The highest BCUT2D eigenvalue weighted by Gasteiger charge is 2.49. The Morgan fingerprint density at radius 2 is 2.05 bits per heavy atom. The van der Waals surface area contributed by atoms with Gasteiger partial charge < -0.3 is 15.3 Å². The van der Waals surface area contributed by atoms with Gasteiger partial charge in [-0.1, -0.05) is 20.8 Å². The second kappa shape index (κ2) is 5.12. The van der Waals surface area contributed by atoms with Crippen molar-refractivity contribution in [2.24, 2.45) is 23.2 Å². The van der Waals surface area contributed by atoms with Crippen LogP contribution in [0.4, 0.5) is 0 Å². The molecule has 5 heteroatoms. The van der Waals surface area contributed by atoms with Gasteiger partial charge in [0.25, 0.3) is 0 Å². The Hall–Kier alpha value is -1.10. The normalized spacial score (nSPS) is 35.1. The number of carbonyl (C=O) groups excluding carboxylic acids is 1. The van der Waals surface area contributed by atoms with Crippen molar-refractivity contribution in [3.63, 3.8) is 0 Å². The van der Waals surface area contributed by atoms with E-state index >= 15 is 0 Å². The lowest BCUT2D eigenvalue weighted by molar-refractivity contribution is -0.151. The maximum atomic E-state index is 12.5. The van der Waals surface area contributed by atoms with Crippen LogP contribution in [0.5, 0.6) is 0 Å². The van der Waals surface area contributed by atoms with Crippen LogP contribution < -0.4 is 5.32 Å². The van der Waals surface area contributed by atoms with E-state index in [1.54, 1.807) is 4.90 Å². The molecule has 0 aliphatic carbocycles. The van der Waals surface area contributed by atoms with Crippen LogP contribution in [0.25, 0.3) is 0 Å². The van der Waals surface area contributed by atoms with E-state index < -0.39 is 11.4 Å². The summed E-state index contributed by atoms with van der Waals surface area (Å²) in [6.07, 6.45) is 0.570. The number of rotatable bonds is 3. The largest absolute Gasteiger partial charge is 0.481 e. The molecule has 19 heavy (non-hydrogen) atoms. The summed E-state index contributed by atoms with van der Waals surface area (Å²) in [5, 5.41) is 12.7. The second-order valence-electron chi connectivity index (χ2n) is 6.37. The van der Waals surface area contributed by atoms with Crippen LogP contribution in [0.3, 0.4) is 0 Å². The first-order valence-corrected chi connectivity index (χ1v) is 7.11. The van der Waals surface area contributed by atoms with E-state index in [2.05, 4.69) is 12.2 Å². The number of hydrogen-bond donors (Lipinski definition) is 2. The maximum absolute atomic E-state index is 12.5. The molecule has 5 nitrogen and oxygen atoms in total.